The number of aromatic nitrogens is 2. The fourth-order valence-corrected chi connectivity index (χ4v) is 2.82. The van der Waals surface area contributed by atoms with Crippen molar-refractivity contribution in [1.29, 1.82) is 0 Å². The van der Waals surface area contributed by atoms with Gasteiger partial charge in [-0.25, -0.2) is 9.37 Å². The number of nitrogens with zero attached hydrogens (tertiary/aromatic N) is 2. The zero-order chi connectivity index (χ0) is 21.6. The first-order valence-corrected chi connectivity index (χ1v) is 9.36. The summed E-state index contributed by atoms with van der Waals surface area (Å²) in [6.45, 7) is 0. The molecule has 3 aromatic carbocycles. The molecule has 7 nitrogen and oxygen atoms in total. The third-order valence-corrected chi connectivity index (χ3v) is 4.28. The lowest BCUT2D eigenvalue weighted by molar-refractivity contribution is 0.102. The van der Waals surface area contributed by atoms with E-state index in [1.165, 1.54) is 18.3 Å². The molecule has 1 aromatic heterocycles. The number of anilines is 4. The number of nitrogens with one attached hydrogen (secondary N) is 2. The fraction of sp³-hybridized carbons (Fsp3) is 0. The standard InChI is InChI=1S/C23H18FN5O2/c24-15-5-7-16(8-6-15)27-20-4-2-1-3-19(20)22(30)28-17-9-11-18(12-10-17)31-21-13-14-26-23(25)29-21/h1-14,27H,(H,28,30)(H2,25,26,29). The van der Waals surface area contributed by atoms with E-state index in [-0.39, 0.29) is 17.7 Å². The first-order chi connectivity index (χ1) is 15.1. The van der Waals surface area contributed by atoms with Crippen LogP contribution in [0.25, 0.3) is 0 Å². The van der Waals surface area contributed by atoms with Crippen LogP contribution in [-0.2, 0) is 0 Å². The molecule has 0 aliphatic rings. The van der Waals surface area contributed by atoms with Gasteiger partial charge >= 0.3 is 0 Å². The summed E-state index contributed by atoms with van der Waals surface area (Å²) in [4.78, 5) is 20.6. The van der Waals surface area contributed by atoms with Crippen LogP contribution in [0.15, 0.2) is 85.1 Å². The second-order valence-corrected chi connectivity index (χ2v) is 6.51. The van der Waals surface area contributed by atoms with Gasteiger partial charge in [-0.3, -0.25) is 4.79 Å². The van der Waals surface area contributed by atoms with Gasteiger partial charge in [0.15, 0.2) is 0 Å². The van der Waals surface area contributed by atoms with Crippen molar-refractivity contribution >= 4 is 28.9 Å². The van der Waals surface area contributed by atoms with E-state index in [1.54, 1.807) is 60.7 Å². The van der Waals surface area contributed by atoms with Crippen LogP contribution in [0.4, 0.5) is 27.4 Å². The molecule has 0 spiro atoms. The first kappa shape index (κ1) is 19.8. The Balaban J connectivity index is 1.45. The Morgan fingerprint density at radius 3 is 2.35 bits per heavy atom. The second-order valence-electron chi connectivity index (χ2n) is 6.51. The van der Waals surface area contributed by atoms with Gasteiger partial charge in [0.05, 0.1) is 11.3 Å². The number of carbonyl (C=O) groups excluding carboxylic acids is 1. The fourth-order valence-electron chi connectivity index (χ4n) is 2.82. The molecule has 0 radical (unpaired) electrons. The predicted molar refractivity (Wildman–Crippen MR) is 117 cm³/mol. The molecule has 0 saturated heterocycles. The summed E-state index contributed by atoms with van der Waals surface area (Å²) in [6.07, 6.45) is 1.50. The Labute approximate surface area is 177 Å². The molecule has 0 fully saturated rings. The summed E-state index contributed by atoms with van der Waals surface area (Å²) in [7, 11) is 0. The highest BCUT2D eigenvalue weighted by Crippen LogP contribution is 2.24. The molecule has 31 heavy (non-hydrogen) atoms. The third kappa shape index (κ3) is 5.13. The van der Waals surface area contributed by atoms with Crippen molar-refractivity contribution in [3.63, 3.8) is 0 Å². The van der Waals surface area contributed by atoms with Crippen molar-refractivity contribution in [2.45, 2.75) is 0 Å². The number of para-hydroxylation sites is 1. The smallest absolute Gasteiger partial charge is 0.257 e. The monoisotopic (exact) mass is 415 g/mol. The van der Waals surface area contributed by atoms with Gasteiger partial charge < -0.3 is 21.1 Å². The van der Waals surface area contributed by atoms with Gasteiger partial charge in [0.25, 0.3) is 5.91 Å². The number of nitrogen functional groups attached to an aromatic ring is 1. The van der Waals surface area contributed by atoms with Gasteiger partial charge in [0.2, 0.25) is 11.8 Å². The molecule has 4 aromatic rings. The molecule has 0 saturated carbocycles. The molecule has 0 aliphatic carbocycles. The van der Waals surface area contributed by atoms with Crippen LogP contribution in [0, 0.1) is 5.82 Å². The highest BCUT2D eigenvalue weighted by Gasteiger charge is 2.12. The predicted octanol–water partition coefficient (Wildman–Crippen LogP) is 4.99. The SMILES string of the molecule is Nc1nccc(Oc2ccc(NC(=O)c3ccccc3Nc3ccc(F)cc3)cc2)n1. The van der Waals surface area contributed by atoms with Crippen LogP contribution in [0.1, 0.15) is 10.4 Å². The molecule has 4 N–H and O–H groups in total. The van der Waals surface area contributed by atoms with Crippen molar-refractivity contribution in [3.05, 3.63) is 96.4 Å². The highest BCUT2D eigenvalue weighted by molar-refractivity contribution is 6.08. The highest BCUT2D eigenvalue weighted by atomic mass is 19.1. The summed E-state index contributed by atoms with van der Waals surface area (Å²) in [6, 6.07) is 21.4. The first-order valence-electron chi connectivity index (χ1n) is 9.36. The molecule has 154 valence electrons. The zero-order valence-electron chi connectivity index (χ0n) is 16.2. The van der Waals surface area contributed by atoms with E-state index in [0.717, 1.165) is 0 Å². The number of nitrogens with two attached hydrogens (primary N) is 1. The summed E-state index contributed by atoms with van der Waals surface area (Å²) < 4.78 is 18.7. The topological polar surface area (TPSA) is 102 Å². The maximum Gasteiger partial charge on any atom is 0.257 e. The summed E-state index contributed by atoms with van der Waals surface area (Å²) >= 11 is 0. The summed E-state index contributed by atoms with van der Waals surface area (Å²) in [5, 5.41) is 5.99. The van der Waals surface area contributed by atoms with Crippen LogP contribution in [0.2, 0.25) is 0 Å². The molecular weight excluding hydrogens is 397 g/mol. The minimum Gasteiger partial charge on any atom is -0.439 e. The van der Waals surface area contributed by atoms with E-state index in [1.807, 2.05) is 6.07 Å². The van der Waals surface area contributed by atoms with E-state index in [4.69, 9.17) is 10.5 Å². The van der Waals surface area contributed by atoms with Crippen LogP contribution in [-0.4, -0.2) is 15.9 Å². The summed E-state index contributed by atoms with van der Waals surface area (Å²) in [5.41, 5.74) is 7.86. The lowest BCUT2D eigenvalue weighted by atomic mass is 10.1. The van der Waals surface area contributed by atoms with Crippen molar-refractivity contribution in [2.24, 2.45) is 0 Å². The second kappa shape index (κ2) is 8.91. The molecular formula is C23H18FN5O2. The molecule has 1 heterocycles. The Bertz CT molecular complexity index is 1200. The molecule has 8 heteroatoms. The van der Waals surface area contributed by atoms with Gasteiger partial charge in [0.1, 0.15) is 11.6 Å². The van der Waals surface area contributed by atoms with Crippen molar-refractivity contribution < 1.29 is 13.9 Å². The Morgan fingerprint density at radius 2 is 1.61 bits per heavy atom. The minimum absolute atomic E-state index is 0.120. The number of benzene rings is 3. The van der Waals surface area contributed by atoms with E-state index < -0.39 is 0 Å². The molecule has 1 amide bonds. The quantitative estimate of drug-likeness (QED) is 0.410. The van der Waals surface area contributed by atoms with Crippen LogP contribution in [0.3, 0.4) is 0 Å². The number of ether oxygens (including phenoxy) is 1. The maximum atomic E-state index is 13.1. The van der Waals surface area contributed by atoms with Crippen LogP contribution < -0.4 is 21.1 Å². The van der Waals surface area contributed by atoms with Crippen molar-refractivity contribution in [3.8, 4) is 11.6 Å². The number of rotatable bonds is 6. The number of carbonyl (C=O) groups is 1. The molecule has 0 bridgehead atoms. The normalized spacial score (nSPS) is 10.4. The van der Waals surface area contributed by atoms with Gasteiger partial charge in [-0.05, 0) is 60.7 Å². The Kier molecular flexibility index (Phi) is 5.70. The number of hydrogen-bond acceptors (Lipinski definition) is 6. The van der Waals surface area contributed by atoms with E-state index >= 15 is 0 Å². The van der Waals surface area contributed by atoms with Crippen LogP contribution in [0.5, 0.6) is 11.6 Å². The van der Waals surface area contributed by atoms with Gasteiger partial charge in [0, 0.05) is 23.6 Å². The number of amides is 1. The largest absolute Gasteiger partial charge is 0.439 e. The average molecular weight is 415 g/mol. The van der Waals surface area contributed by atoms with Gasteiger partial charge in [-0.15, -0.1) is 0 Å². The molecule has 0 aliphatic heterocycles. The van der Waals surface area contributed by atoms with Gasteiger partial charge in [-0.2, -0.15) is 4.98 Å². The van der Waals surface area contributed by atoms with E-state index in [9.17, 15) is 9.18 Å². The molecule has 4 rings (SSSR count). The Morgan fingerprint density at radius 1 is 0.903 bits per heavy atom. The summed E-state index contributed by atoms with van der Waals surface area (Å²) in [5.74, 6) is 0.364. The molecule has 0 unspecified atom stereocenters. The zero-order valence-corrected chi connectivity index (χ0v) is 16.2. The van der Waals surface area contributed by atoms with Crippen molar-refractivity contribution in [1.82, 2.24) is 9.97 Å². The average Bonchev–Trinajstić information content (AvgIpc) is 2.77. The lowest BCUT2D eigenvalue weighted by Crippen LogP contribution is -2.13. The van der Waals surface area contributed by atoms with E-state index in [0.29, 0.717) is 34.3 Å². The maximum absolute atomic E-state index is 13.1. The Hall–Kier alpha value is -4.46. The van der Waals surface area contributed by atoms with Crippen LogP contribution >= 0.6 is 0 Å². The minimum atomic E-state index is -0.327. The number of hydrogen-bond donors (Lipinski definition) is 3. The van der Waals surface area contributed by atoms with Crippen molar-refractivity contribution in [2.75, 3.05) is 16.4 Å². The van der Waals surface area contributed by atoms with E-state index in [2.05, 4.69) is 20.6 Å². The third-order valence-electron chi connectivity index (χ3n) is 4.28. The lowest BCUT2D eigenvalue weighted by Gasteiger charge is -2.13. The molecule has 0 atom stereocenters. The number of halogens is 1. The van der Waals surface area contributed by atoms with Gasteiger partial charge in [-0.1, -0.05) is 12.1 Å².